The van der Waals surface area contributed by atoms with Gasteiger partial charge in [0.25, 0.3) is 5.91 Å². The maximum absolute atomic E-state index is 13.4. The van der Waals surface area contributed by atoms with Crippen LogP contribution in [0.2, 0.25) is 0 Å². The van der Waals surface area contributed by atoms with Crippen LogP contribution in [-0.2, 0) is 0 Å². The minimum Gasteiger partial charge on any atom is -0.497 e. The highest BCUT2D eigenvalue weighted by atomic mass is 16.5. The van der Waals surface area contributed by atoms with E-state index < -0.39 is 6.04 Å². The van der Waals surface area contributed by atoms with Crippen LogP contribution in [0.1, 0.15) is 48.0 Å². The zero-order chi connectivity index (χ0) is 22.0. The van der Waals surface area contributed by atoms with Gasteiger partial charge in [-0.3, -0.25) is 9.59 Å². The molecule has 162 valence electrons. The van der Waals surface area contributed by atoms with E-state index in [-0.39, 0.29) is 17.1 Å². The summed E-state index contributed by atoms with van der Waals surface area (Å²) in [6.45, 7) is 7.99. The number of carbonyl (C=O) groups excluding carboxylic acids is 1. The average molecular weight is 422 g/mol. The molecule has 0 unspecified atom stereocenters. The largest absolute Gasteiger partial charge is 0.497 e. The molecule has 4 rings (SSSR count). The van der Waals surface area contributed by atoms with E-state index in [2.05, 4.69) is 13.8 Å². The molecule has 0 bridgehead atoms. The number of hydrogen-bond acceptors (Lipinski definition) is 4. The SMILES string of the molecule is CC[NH+](CC)CCCN1C(=O)c2oc3ccccc3c(=O)c2[C@@H]1c1ccc(OC)cc1. The molecule has 1 aromatic heterocycles. The van der Waals surface area contributed by atoms with Gasteiger partial charge in [-0.15, -0.1) is 0 Å². The van der Waals surface area contributed by atoms with E-state index in [4.69, 9.17) is 9.15 Å². The van der Waals surface area contributed by atoms with Gasteiger partial charge in [0.15, 0.2) is 5.43 Å². The Morgan fingerprint density at radius 3 is 2.42 bits per heavy atom. The third-order valence-electron chi connectivity index (χ3n) is 6.23. The van der Waals surface area contributed by atoms with Crippen LogP contribution >= 0.6 is 0 Å². The van der Waals surface area contributed by atoms with Crippen LogP contribution in [-0.4, -0.2) is 44.1 Å². The predicted molar refractivity (Wildman–Crippen MR) is 120 cm³/mol. The number of nitrogens with one attached hydrogen (secondary N) is 1. The molecule has 0 saturated heterocycles. The van der Waals surface area contributed by atoms with Gasteiger partial charge in [-0.05, 0) is 43.7 Å². The van der Waals surface area contributed by atoms with Crippen LogP contribution in [0.15, 0.2) is 57.7 Å². The first kappa shape index (κ1) is 21.1. The van der Waals surface area contributed by atoms with E-state index in [1.807, 2.05) is 36.4 Å². The third kappa shape index (κ3) is 3.83. The number of carbonyl (C=O) groups is 1. The molecule has 6 nitrogen and oxygen atoms in total. The zero-order valence-corrected chi connectivity index (χ0v) is 18.3. The summed E-state index contributed by atoms with van der Waals surface area (Å²) < 4.78 is 11.3. The lowest BCUT2D eigenvalue weighted by Crippen LogP contribution is -3.11. The fourth-order valence-electron chi connectivity index (χ4n) is 4.43. The van der Waals surface area contributed by atoms with Crippen molar-refractivity contribution in [1.82, 2.24) is 4.90 Å². The van der Waals surface area contributed by atoms with Gasteiger partial charge in [0.2, 0.25) is 5.76 Å². The van der Waals surface area contributed by atoms with Crippen molar-refractivity contribution in [2.75, 3.05) is 33.3 Å². The van der Waals surface area contributed by atoms with Gasteiger partial charge < -0.3 is 19.0 Å². The van der Waals surface area contributed by atoms with Crippen molar-refractivity contribution in [3.05, 3.63) is 75.6 Å². The lowest BCUT2D eigenvalue weighted by molar-refractivity contribution is -0.896. The minimum absolute atomic E-state index is 0.136. The zero-order valence-electron chi connectivity index (χ0n) is 18.3. The molecule has 0 saturated carbocycles. The van der Waals surface area contributed by atoms with E-state index in [0.717, 1.165) is 37.4 Å². The number of nitrogens with zero attached hydrogens (tertiary/aromatic N) is 1. The van der Waals surface area contributed by atoms with Crippen LogP contribution in [0, 0.1) is 0 Å². The van der Waals surface area contributed by atoms with E-state index >= 15 is 0 Å². The molecular weight excluding hydrogens is 392 g/mol. The van der Waals surface area contributed by atoms with Crippen LogP contribution in [0.4, 0.5) is 0 Å². The number of fused-ring (bicyclic) bond motifs is 2. The molecule has 3 aromatic rings. The molecule has 1 aliphatic heterocycles. The van der Waals surface area contributed by atoms with Crippen molar-refractivity contribution in [2.24, 2.45) is 0 Å². The smallest absolute Gasteiger partial charge is 0.290 e. The lowest BCUT2D eigenvalue weighted by atomic mass is 9.98. The number of ether oxygens (including phenoxy) is 1. The summed E-state index contributed by atoms with van der Waals surface area (Å²) >= 11 is 0. The van der Waals surface area contributed by atoms with Gasteiger partial charge in [0.1, 0.15) is 11.3 Å². The Labute approximate surface area is 182 Å². The second-order valence-electron chi connectivity index (χ2n) is 7.91. The van der Waals surface area contributed by atoms with Crippen LogP contribution in [0.3, 0.4) is 0 Å². The number of hydrogen-bond donors (Lipinski definition) is 1. The van der Waals surface area contributed by atoms with Crippen molar-refractivity contribution >= 4 is 16.9 Å². The molecule has 1 atom stereocenters. The van der Waals surface area contributed by atoms with Gasteiger partial charge in [-0.1, -0.05) is 24.3 Å². The summed E-state index contributed by atoms with van der Waals surface area (Å²) in [5, 5.41) is 0.502. The number of rotatable bonds is 8. The van der Waals surface area contributed by atoms with Gasteiger partial charge in [0, 0.05) is 13.0 Å². The molecule has 2 heterocycles. The first-order valence-electron chi connectivity index (χ1n) is 10.9. The maximum Gasteiger partial charge on any atom is 0.290 e. The normalized spacial score (nSPS) is 15.7. The Morgan fingerprint density at radius 2 is 1.74 bits per heavy atom. The summed E-state index contributed by atoms with van der Waals surface area (Å²) in [7, 11) is 1.62. The Kier molecular flexibility index (Phi) is 6.09. The van der Waals surface area contributed by atoms with Crippen molar-refractivity contribution in [3.63, 3.8) is 0 Å². The Hall–Kier alpha value is -3.12. The van der Waals surface area contributed by atoms with E-state index in [9.17, 15) is 9.59 Å². The van der Waals surface area contributed by atoms with Crippen molar-refractivity contribution in [2.45, 2.75) is 26.3 Å². The van der Waals surface area contributed by atoms with Crippen molar-refractivity contribution in [1.29, 1.82) is 0 Å². The summed E-state index contributed by atoms with van der Waals surface area (Å²) in [6, 6.07) is 14.2. The quantitative estimate of drug-likeness (QED) is 0.607. The maximum atomic E-state index is 13.4. The number of benzene rings is 2. The first-order chi connectivity index (χ1) is 15.1. The highest BCUT2D eigenvalue weighted by molar-refractivity contribution is 5.99. The fraction of sp³-hybridized carbons (Fsp3) is 0.360. The summed E-state index contributed by atoms with van der Waals surface area (Å²) in [6.07, 6.45) is 0.858. The highest BCUT2D eigenvalue weighted by Crippen LogP contribution is 2.38. The highest BCUT2D eigenvalue weighted by Gasteiger charge is 2.42. The van der Waals surface area contributed by atoms with Gasteiger partial charge in [0.05, 0.1) is 43.7 Å². The summed E-state index contributed by atoms with van der Waals surface area (Å²) in [5.41, 5.74) is 1.63. The molecule has 0 spiro atoms. The van der Waals surface area contributed by atoms with E-state index in [1.54, 1.807) is 24.1 Å². The van der Waals surface area contributed by atoms with Crippen LogP contribution in [0.5, 0.6) is 5.75 Å². The van der Waals surface area contributed by atoms with Gasteiger partial charge in [-0.2, -0.15) is 0 Å². The molecule has 1 aliphatic rings. The molecule has 0 radical (unpaired) electrons. The number of amides is 1. The van der Waals surface area contributed by atoms with E-state index in [1.165, 1.54) is 4.90 Å². The molecule has 2 aromatic carbocycles. The Bertz CT molecular complexity index is 1130. The molecule has 0 aliphatic carbocycles. The second kappa shape index (κ2) is 8.94. The summed E-state index contributed by atoms with van der Waals surface area (Å²) in [5.74, 6) is 0.684. The molecule has 0 fully saturated rings. The molecule has 31 heavy (non-hydrogen) atoms. The van der Waals surface area contributed by atoms with Crippen LogP contribution in [0.25, 0.3) is 11.0 Å². The van der Waals surface area contributed by atoms with Crippen LogP contribution < -0.4 is 15.1 Å². The molecule has 1 N–H and O–H groups in total. The van der Waals surface area contributed by atoms with Gasteiger partial charge >= 0.3 is 0 Å². The molecule has 1 amide bonds. The predicted octanol–water partition coefficient (Wildman–Crippen LogP) is 2.66. The number of para-hydroxylation sites is 1. The lowest BCUT2D eigenvalue weighted by Gasteiger charge is -2.26. The van der Waals surface area contributed by atoms with Crippen molar-refractivity contribution < 1.29 is 18.8 Å². The minimum atomic E-state index is -0.457. The van der Waals surface area contributed by atoms with Crippen molar-refractivity contribution in [3.8, 4) is 5.75 Å². The number of methoxy groups -OCH3 is 1. The van der Waals surface area contributed by atoms with Gasteiger partial charge in [-0.25, -0.2) is 0 Å². The average Bonchev–Trinajstić information content (AvgIpc) is 3.09. The Balaban J connectivity index is 1.77. The van der Waals surface area contributed by atoms with E-state index in [0.29, 0.717) is 23.1 Å². The molecular formula is C25H29N2O4+. The fourth-order valence-corrected chi connectivity index (χ4v) is 4.43. The topological polar surface area (TPSA) is 64.2 Å². The monoisotopic (exact) mass is 421 g/mol. The summed E-state index contributed by atoms with van der Waals surface area (Å²) in [4.78, 5) is 30.1. The molecule has 6 heteroatoms. The third-order valence-corrected chi connectivity index (χ3v) is 6.23. The number of quaternary nitrogens is 1. The second-order valence-corrected chi connectivity index (χ2v) is 7.91. The Morgan fingerprint density at radius 1 is 1.03 bits per heavy atom. The first-order valence-corrected chi connectivity index (χ1v) is 10.9. The standard InChI is InChI=1S/C25H28N2O4/c1-4-26(5-2)15-8-16-27-22(17-11-13-18(30-3)14-12-17)21-23(28)19-9-6-7-10-20(19)31-24(21)25(27)29/h6-7,9-14,22H,4-5,8,15-16H2,1-3H3/p+1/t22-/m0/s1.